The molecule has 1 atom stereocenters. The molecule has 24 heavy (non-hydrogen) atoms. The Morgan fingerprint density at radius 2 is 1.88 bits per heavy atom. The molecule has 0 saturated heterocycles. The zero-order chi connectivity index (χ0) is 17.4. The third-order valence-electron chi connectivity index (χ3n) is 4.59. The first kappa shape index (κ1) is 16.2. The summed E-state index contributed by atoms with van der Waals surface area (Å²) in [5, 5.41) is 6.36. The number of nitrogens with one attached hydrogen (secondary N) is 1. The van der Waals surface area contributed by atoms with E-state index in [0.29, 0.717) is 17.8 Å². The lowest BCUT2D eigenvalue weighted by Gasteiger charge is -2.25. The molecule has 1 aromatic carbocycles. The lowest BCUT2D eigenvalue weighted by atomic mass is 10.1. The van der Waals surface area contributed by atoms with Gasteiger partial charge >= 0.3 is 0 Å². The number of carbonyl (C=O) groups excluding carboxylic acids is 1. The van der Waals surface area contributed by atoms with E-state index in [1.54, 1.807) is 18.7 Å². The van der Waals surface area contributed by atoms with Gasteiger partial charge in [0.05, 0.1) is 17.1 Å². The van der Waals surface area contributed by atoms with Gasteiger partial charge in [-0.15, -0.1) is 0 Å². The van der Waals surface area contributed by atoms with Gasteiger partial charge in [0.15, 0.2) is 0 Å². The molecule has 1 amide bonds. The van der Waals surface area contributed by atoms with E-state index in [2.05, 4.69) is 22.0 Å². The van der Waals surface area contributed by atoms with Crippen molar-refractivity contribution in [2.45, 2.75) is 20.8 Å². The highest BCUT2D eigenvalue weighted by atomic mass is 16.2. The molecule has 2 aromatic rings. The van der Waals surface area contributed by atoms with Crippen LogP contribution in [-0.4, -0.2) is 36.2 Å². The van der Waals surface area contributed by atoms with Gasteiger partial charge in [0.25, 0.3) is 11.5 Å². The van der Waals surface area contributed by atoms with Gasteiger partial charge in [-0.25, -0.2) is 5.10 Å². The Kier molecular flexibility index (Phi) is 4.13. The van der Waals surface area contributed by atoms with Crippen LogP contribution in [0.25, 0.3) is 0 Å². The standard InChI is InChI=1S/C18H22N4O2/c1-11-9-21(4)14-7-5-6-8-15(14)22(10-11)18(24)16-12(2)13(3)19-20-17(16)23/h5-8,11H,9-10H2,1-4H3,(H,20,23)/t11-/m0/s1. The Hall–Kier alpha value is -2.63. The predicted molar refractivity (Wildman–Crippen MR) is 94.9 cm³/mol. The number of amides is 1. The maximum Gasteiger partial charge on any atom is 0.277 e. The predicted octanol–water partition coefficient (Wildman–Crippen LogP) is 2.12. The average molecular weight is 326 g/mol. The van der Waals surface area contributed by atoms with Crippen molar-refractivity contribution in [3.8, 4) is 0 Å². The summed E-state index contributed by atoms with van der Waals surface area (Å²) in [5.41, 5.74) is 2.86. The third-order valence-corrected chi connectivity index (χ3v) is 4.59. The number of fused-ring (bicyclic) bond motifs is 1. The van der Waals surface area contributed by atoms with Gasteiger partial charge in [-0.1, -0.05) is 19.1 Å². The number of nitrogens with zero attached hydrogens (tertiary/aromatic N) is 3. The normalized spacial score (nSPS) is 17.4. The third kappa shape index (κ3) is 2.68. The molecule has 1 aromatic heterocycles. The number of carbonyl (C=O) groups is 1. The Morgan fingerprint density at radius 1 is 1.21 bits per heavy atom. The number of hydrogen-bond acceptors (Lipinski definition) is 4. The molecule has 0 fully saturated rings. The minimum atomic E-state index is -0.439. The minimum absolute atomic E-state index is 0.175. The second-order valence-corrected chi connectivity index (χ2v) is 6.53. The van der Waals surface area contributed by atoms with E-state index in [0.717, 1.165) is 17.9 Å². The summed E-state index contributed by atoms with van der Waals surface area (Å²) in [7, 11) is 2.03. The second-order valence-electron chi connectivity index (χ2n) is 6.53. The fourth-order valence-corrected chi connectivity index (χ4v) is 3.26. The summed E-state index contributed by atoms with van der Waals surface area (Å²) in [6.07, 6.45) is 0. The molecule has 2 heterocycles. The van der Waals surface area contributed by atoms with Crippen LogP contribution >= 0.6 is 0 Å². The van der Waals surface area contributed by atoms with Crippen LogP contribution in [-0.2, 0) is 0 Å². The average Bonchev–Trinajstić information content (AvgIpc) is 2.68. The number of aryl methyl sites for hydroxylation is 1. The Labute approximate surface area is 141 Å². The molecule has 6 nitrogen and oxygen atoms in total. The van der Waals surface area contributed by atoms with E-state index in [1.165, 1.54) is 0 Å². The SMILES string of the molecule is Cc1n[nH]c(=O)c(C(=O)N2C[C@@H](C)CN(C)c3ccccc32)c1C. The van der Waals surface area contributed by atoms with E-state index in [9.17, 15) is 9.59 Å². The molecule has 0 aliphatic carbocycles. The van der Waals surface area contributed by atoms with E-state index < -0.39 is 5.56 Å². The molecule has 1 aliphatic heterocycles. The smallest absolute Gasteiger partial charge is 0.277 e. The number of benzene rings is 1. The van der Waals surface area contributed by atoms with Crippen LogP contribution in [0.1, 0.15) is 28.5 Å². The molecular formula is C18H22N4O2. The van der Waals surface area contributed by atoms with Gasteiger partial charge in [-0.2, -0.15) is 5.10 Å². The van der Waals surface area contributed by atoms with Crippen LogP contribution in [0.15, 0.2) is 29.1 Å². The number of rotatable bonds is 1. The van der Waals surface area contributed by atoms with Gasteiger partial charge in [-0.05, 0) is 37.5 Å². The van der Waals surface area contributed by atoms with Crippen LogP contribution in [0.5, 0.6) is 0 Å². The van der Waals surface area contributed by atoms with Crippen LogP contribution in [0.2, 0.25) is 0 Å². The van der Waals surface area contributed by atoms with Crippen molar-refractivity contribution in [1.29, 1.82) is 0 Å². The summed E-state index contributed by atoms with van der Waals surface area (Å²) in [4.78, 5) is 29.3. The molecule has 0 unspecified atom stereocenters. The maximum absolute atomic E-state index is 13.2. The fourth-order valence-electron chi connectivity index (χ4n) is 3.26. The first-order valence-corrected chi connectivity index (χ1v) is 8.08. The fraction of sp³-hybridized carbons (Fsp3) is 0.389. The monoisotopic (exact) mass is 326 g/mol. The van der Waals surface area contributed by atoms with Crippen molar-refractivity contribution >= 4 is 17.3 Å². The van der Waals surface area contributed by atoms with Crippen molar-refractivity contribution in [2.24, 2.45) is 5.92 Å². The largest absolute Gasteiger partial charge is 0.373 e. The molecule has 0 bridgehead atoms. The van der Waals surface area contributed by atoms with Gasteiger partial charge in [0.2, 0.25) is 0 Å². The number of aromatic nitrogens is 2. The first-order chi connectivity index (χ1) is 11.4. The van der Waals surface area contributed by atoms with E-state index >= 15 is 0 Å². The number of aromatic amines is 1. The van der Waals surface area contributed by atoms with Crippen LogP contribution < -0.4 is 15.4 Å². The van der Waals surface area contributed by atoms with Crippen molar-refractivity contribution in [2.75, 3.05) is 29.9 Å². The lowest BCUT2D eigenvalue weighted by molar-refractivity contribution is 0.0982. The van der Waals surface area contributed by atoms with Gasteiger partial charge in [0.1, 0.15) is 5.56 Å². The van der Waals surface area contributed by atoms with Crippen LogP contribution in [0, 0.1) is 19.8 Å². The van der Waals surface area contributed by atoms with Gasteiger partial charge in [-0.3, -0.25) is 9.59 Å². The first-order valence-electron chi connectivity index (χ1n) is 8.08. The summed E-state index contributed by atoms with van der Waals surface area (Å²) in [5.74, 6) is 0.0162. The van der Waals surface area contributed by atoms with E-state index in [-0.39, 0.29) is 17.4 Å². The van der Waals surface area contributed by atoms with Gasteiger partial charge < -0.3 is 9.80 Å². The van der Waals surface area contributed by atoms with Gasteiger partial charge in [0, 0.05) is 20.1 Å². The Bertz CT molecular complexity index is 843. The maximum atomic E-state index is 13.2. The summed E-state index contributed by atoms with van der Waals surface area (Å²) >= 11 is 0. The van der Waals surface area contributed by atoms with Crippen molar-refractivity contribution in [3.63, 3.8) is 0 Å². The van der Waals surface area contributed by atoms with Crippen molar-refractivity contribution in [3.05, 3.63) is 51.4 Å². The molecule has 1 aliphatic rings. The van der Waals surface area contributed by atoms with Crippen LogP contribution in [0.4, 0.5) is 11.4 Å². The number of para-hydroxylation sites is 2. The number of anilines is 2. The highest BCUT2D eigenvalue weighted by Gasteiger charge is 2.29. The molecule has 1 N–H and O–H groups in total. The molecule has 0 radical (unpaired) electrons. The molecule has 0 spiro atoms. The van der Waals surface area contributed by atoms with Crippen molar-refractivity contribution in [1.82, 2.24) is 10.2 Å². The number of hydrogen-bond donors (Lipinski definition) is 1. The topological polar surface area (TPSA) is 69.3 Å². The number of H-pyrrole nitrogens is 1. The van der Waals surface area contributed by atoms with E-state index in [4.69, 9.17) is 0 Å². The zero-order valence-corrected chi connectivity index (χ0v) is 14.5. The van der Waals surface area contributed by atoms with E-state index in [1.807, 2.05) is 31.3 Å². The molecule has 6 heteroatoms. The molecule has 0 saturated carbocycles. The molecular weight excluding hydrogens is 304 g/mol. The second kappa shape index (κ2) is 6.11. The lowest BCUT2D eigenvalue weighted by Crippen LogP contribution is -2.38. The minimum Gasteiger partial charge on any atom is -0.373 e. The summed E-state index contributed by atoms with van der Waals surface area (Å²) < 4.78 is 0. The van der Waals surface area contributed by atoms with Crippen LogP contribution in [0.3, 0.4) is 0 Å². The highest BCUT2D eigenvalue weighted by molar-refractivity contribution is 6.08. The van der Waals surface area contributed by atoms with Crippen molar-refractivity contribution < 1.29 is 4.79 Å². The summed E-state index contributed by atoms with van der Waals surface area (Å²) in [6.45, 7) is 7.09. The Balaban J connectivity index is 2.14. The zero-order valence-electron chi connectivity index (χ0n) is 14.5. The summed E-state index contributed by atoms with van der Waals surface area (Å²) in [6, 6.07) is 7.81. The molecule has 3 rings (SSSR count). The highest BCUT2D eigenvalue weighted by Crippen LogP contribution is 2.33. The molecule has 126 valence electrons. The quantitative estimate of drug-likeness (QED) is 0.871. The Morgan fingerprint density at radius 3 is 2.58 bits per heavy atom.